The van der Waals surface area contributed by atoms with Crippen LogP contribution in [0.5, 0.6) is 0 Å². The minimum Gasteiger partial charge on any atom is -0.397 e. The van der Waals surface area contributed by atoms with Crippen molar-refractivity contribution in [2.24, 2.45) is 0 Å². The van der Waals surface area contributed by atoms with E-state index in [0.29, 0.717) is 6.04 Å². The van der Waals surface area contributed by atoms with Gasteiger partial charge in [-0.15, -0.1) is 0 Å². The minimum absolute atomic E-state index is 0.679. The summed E-state index contributed by atoms with van der Waals surface area (Å²) >= 11 is 0. The number of nitrogens with zero attached hydrogens (tertiary/aromatic N) is 1. The molecule has 2 rings (SSSR count). The highest BCUT2D eigenvalue weighted by atomic mass is 15.1. The number of anilines is 2. The molecule has 0 radical (unpaired) electrons. The van der Waals surface area contributed by atoms with Gasteiger partial charge in [-0.1, -0.05) is 25.3 Å². The predicted octanol–water partition coefficient (Wildman–Crippen LogP) is 3.35. The highest BCUT2D eigenvalue weighted by Gasteiger charge is 2.19. The zero-order valence-corrected chi connectivity index (χ0v) is 10.4. The van der Waals surface area contributed by atoms with Crippen LogP contribution in [0.3, 0.4) is 0 Å². The van der Waals surface area contributed by atoms with Crippen LogP contribution in [-0.2, 0) is 0 Å². The molecule has 88 valence electrons. The summed E-state index contributed by atoms with van der Waals surface area (Å²) in [5.74, 6) is 0. The molecule has 0 amide bonds. The molecule has 2 heteroatoms. The third-order valence-corrected chi connectivity index (χ3v) is 3.69. The molecule has 2 nitrogen and oxygen atoms in total. The lowest BCUT2D eigenvalue weighted by Crippen LogP contribution is -2.33. The summed E-state index contributed by atoms with van der Waals surface area (Å²) in [4.78, 5) is 2.38. The van der Waals surface area contributed by atoms with Crippen molar-refractivity contribution in [1.82, 2.24) is 0 Å². The van der Waals surface area contributed by atoms with Crippen LogP contribution >= 0.6 is 0 Å². The lowest BCUT2D eigenvalue weighted by molar-refractivity contribution is 0.428. The maximum atomic E-state index is 6.06. The fourth-order valence-electron chi connectivity index (χ4n) is 2.62. The quantitative estimate of drug-likeness (QED) is 0.771. The van der Waals surface area contributed by atoms with Gasteiger partial charge in [0.2, 0.25) is 0 Å². The largest absolute Gasteiger partial charge is 0.397 e. The molecule has 1 aliphatic carbocycles. The maximum Gasteiger partial charge on any atom is 0.0602 e. The van der Waals surface area contributed by atoms with Gasteiger partial charge >= 0.3 is 0 Å². The van der Waals surface area contributed by atoms with Crippen LogP contribution in [0.1, 0.15) is 37.7 Å². The van der Waals surface area contributed by atoms with Crippen molar-refractivity contribution in [3.05, 3.63) is 23.8 Å². The van der Waals surface area contributed by atoms with Crippen molar-refractivity contribution in [2.45, 2.75) is 45.1 Å². The zero-order valence-electron chi connectivity index (χ0n) is 10.4. The third-order valence-electron chi connectivity index (χ3n) is 3.69. The third kappa shape index (κ3) is 2.31. The molecule has 0 saturated heterocycles. The highest BCUT2D eigenvalue weighted by molar-refractivity contribution is 5.68. The zero-order chi connectivity index (χ0) is 11.5. The van der Waals surface area contributed by atoms with E-state index in [1.54, 1.807) is 0 Å². The van der Waals surface area contributed by atoms with E-state index in [0.717, 1.165) is 5.69 Å². The Labute approximate surface area is 98.4 Å². The van der Waals surface area contributed by atoms with Crippen LogP contribution in [-0.4, -0.2) is 13.1 Å². The van der Waals surface area contributed by atoms with E-state index in [1.165, 1.54) is 43.4 Å². The second kappa shape index (κ2) is 4.77. The van der Waals surface area contributed by atoms with E-state index < -0.39 is 0 Å². The standard InChI is InChI=1S/C14H22N2/c1-11-8-9-13(15)14(10-11)16(2)12-6-4-3-5-7-12/h8-10,12H,3-7,15H2,1-2H3. The van der Waals surface area contributed by atoms with E-state index in [4.69, 9.17) is 5.73 Å². The Hall–Kier alpha value is -1.18. The average molecular weight is 218 g/mol. The number of hydrogen-bond acceptors (Lipinski definition) is 2. The smallest absolute Gasteiger partial charge is 0.0602 e. The summed E-state index contributed by atoms with van der Waals surface area (Å²) in [6, 6.07) is 6.97. The van der Waals surface area contributed by atoms with Gasteiger partial charge in [0.1, 0.15) is 0 Å². The first-order valence-corrected chi connectivity index (χ1v) is 6.27. The lowest BCUT2D eigenvalue weighted by Gasteiger charge is -2.33. The Balaban J connectivity index is 2.18. The van der Waals surface area contributed by atoms with Crippen LogP contribution in [0.2, 0.25) is 0 Å². The molecule has 0 bridgehead atoms. The second-order valence-corrected chi connectivity index (χ2v) is 4.97. The monoisotopic (exact) mass is 218 g/mol. The molecule has 1 saturated carbocycles. The van der Waals surface area contributed by atoms with Gasteiger partial charge in [-0.05, 0) is 37.5 Å². The number of hydrogen-bond donors (Lipinski definition) is 1. The molecular formula is C14H22N2. The van der Waals surface area contributed by atoms with Crippen molar-refractivity contribution < 1.29 is 0 Å². The number of benzene rings is 1. The highest BCUT2D eigenvalue weighted by Crippen LogP contribution is 2.30. The van der Waals surface area contributed by atoms with Gasteiger partial charge in [-0.25, -0.2) is 0 Å². The predicted molar refractivity (Wildman–Crippen MR) is 70.9 cm³/mol. The first-order chi connectivity index (χ1) is 7.68. The van der Waals surface area contributed by atoms with E-state index in [-0.39, 0.29) is 0 Å². The van der Waals surface area contributed by atoms with E-state index in [1.807, 2.05) is 6.07 Å². The van der Waals surface area contributed by atoms with Crippen molar-refractivity contribution in [3.8, 4) is 0 Å². The summed E-state index contributed by atoms with van der Waals surface area (Å²) < 4.78 is 0. The summed E-state index contributed by atoms with van der Waals surface area (Å²) in [5, 5.41) is 0. The molecule has 0 unspecified atom stereocenters. The fraction of sp³-hybridized carbons (Fsp3) is 0.571. The van der Waals surface area contributed by atoms with E-state index in [9.17, 15) is 0 Å². The minimum atomic E-state index is 0.679. The van der Waals surface area contributed by atoms with Gasteiger partial charge in [0.05, 0.1) is 11.4 Å². The van der Waals surface area contributed by atoms with E-state index in [2.05, 4.69) is 31.0 Å². The SMILES string of the molecule is Cc1ccc(N)c(N(C)C2CCCCC2)c1. The molecule has 0 aliphatic heterocycles. The molecule has 1 aliphatic rings. The Kier molecular flexibility index (Phi) is 3.37. The molecular weight excluding hydrogens is 196 g/mol. The van der Waals surface area contributed by atoms with Crippen molar-refractivity contribution in [3.63, 3.8) is 0 Å². The summed E-state index contributed by atoms with van der Waals surface area (Å²) in [5.41, 5.74) is 9.44. The first-order valence-electron chi connectivity index (χ1n) is 6.27. The van der Waals surface area contributed by atoms with Crippen molar-refractivity contribution in [2.75, 3.05) is 17.7 Å². The maximum absolute atomic E-state index is 6.06. The van der Waals surface area contributed by atoms with Crippen LogP contribution in [0.15, 0.2) is 18.2 Å². The number of nitrogen functional groups attached to an aromatic ring is 1. The average Bonchev–Trinajstić information content (AvgIpc) is 2.32. The molecule has 1 aromatic rings. The summed E-state index contributed by atoms with van der Waals surface area (Å²) in [6.45, 7) is 2.12. The summed E-state index contributed by atoms with van der Waals surface area (Å²) in [6.07, 6.45) is 6.74. The van der Waals surface area contributed by atoms with Gasteiger partial charge in [-0.2, -0.15) is 0 Å². The normalized spacial score (nSPS) is 17.4. The Morgan fingerprint density at radius 1 is 1.19 bits per heavy atom. The molecule has 0 heterocycles. The van der Waals surface area contributed by atoms with Gasteiger partial charge < -0.3 is 10.6 Å². The van der Waals surface area contributed by atoms with Crippen molar-refractivity contribution >= 4 is 11.4 Å². The van der Waals surface area contributed by atoms with E-state index >= 15 is 0 Å². The number of aryl methyl sites for hydroxylation is 1. The molecule has 1 fully saturated rings. The summed E-state index contributed by atoms with van der Waals surface area (Å²) in [7, 11) is 2.18. The fourth-order valence-corrected chi connectivity index (χ4v) is 2.62. The Bertz CT molecular complexity index is 354. The van der Waals surface area contributed by atoms with Gasteiger partial charge in [0, 0.05) is 13.1 Å². The molecule has 0 aromatic heterocycles. The van der Waals surface area contributed by atoms with Crippen LogP contribution < -0.4 is 10.6 Å². The van der Waals surface area contributed by atoms with Crippen LogP contribution in [0, 0.1) is 6.92 Å². The topological polar surface area (TPSA) is 29.3 Å². The Morgan fingerprint density at radius 2 is 1.88 bits per heavy atom. The lowest BCUT2D eigenvalue weighted by atomic mass is 9.94. The first kappa shape index (κ1) is 11.3. The molecule has 2 N–H and O–H groups in total. The molecule has 1 aromatic carbocycles. The molecule has 16 heavy (non-hydrogen) atoms. The van der Waals surface area contributed by atoms with Gasteiger partial charge in [0.25, 0.3) is 0 Å². The molecule has 0 spiro atoms. The second-order valence-electron chi connectivity index (χ2n) is 4.97. The molecule has 0 atom stereocenters. The van der Waals surface area contributed by atoms with Crippen LogP contribution in [0.25, 0.3) is 0 Å². The Morgan fingerprint density at radius 3 is 2.56 bits per heavy atom. The van der Waals surface area contributed by atoms with Gasteiger partial charge in [-0.3, -0.25) is 0 Å². The van der Waals surface area contributed by atoms with Crippen molar-refractivity contribution in [1.29, 1.82) is 0 Å². The van der Waals surface area contributed by atoms with Crippen LogP contribution in [0.4, 0.5) is 11.4 Å². The van der Waals surface area contributed by atoms with Gasteiger partial charge in [0.15, 0.2) is 0 Å². The number of rotatable bonds is 2. The number of nitrogens with two attached hydrogens (primary N) is 1.